The number of rotatable bonds is 2. The lowest BCUT2D eigenvalue weighted by molar-refractivity contribution is -0.135. The molecule has 0 aromatic rings. The second-order valence-corrected chi connectivity index (χ2v) is 6.69. The lowest BCUT2D eigenvalue weighted by Gasteiger charge is -2.37. The standard InChI is InChI=1S/C16H26N2O2/c19-11-14-10-18(12-16(14)6-8-17-9-7-16)15(20)13-4-2-1-3-5-13/h1-2,13-14,17,19H,3-12H2. The van der Waals surface area contributed by atoms with E-state index in [0.717, 1.165) is 58.3 Å². The summed E-state index contributed by atoms with van der Waals surface area (Å²) in [6.45, 7) is 3.87. The van der Waals surface area contributed by atoms with Crippen molar-refractivity contribution in [1.29, 1.82) is 0 Å². The Kier molecular flexibility index (Phi) is 4.13. The van der Waals surface area contributed by atoms with Crippen LogP contribution in [-0.4, -0.2) is 48.7 Å². The number of nitrogens with one attached hydrogen (secondary N) is 1. The average molecular weight is 278 g/mol. The van der Waals surface area contributed by atoms with Gasteiger partial charge in [0, 0.05) is 31.5 Å². The number of amides is 1. The van der Waals surface area contributed by atoms with Crippen molar-refractivity contribution in [1.82, 2.24) is 10.2 Å². The number of aliphatic hydroxyl groups is 1. The fourth-order valence-electron chi connectivity index (χ4n) is 4.22. The summed E-state index contributed by atoms with van der Waals surface area (Å²) in [4.78, 5) is 14.7. The third kappa shape index (κ3) is 2.51. The molecule has 4 nitrogen and oxygen atoms in total. The molecule has 4 heteroatoms. The first kappa shape index (κ1) is 14.1. The summed E-state index contributed by atoms with van der Waals surface area (Å²) >= 11 is 0. The first-order valence-electron chi connectivity index (χ1n) is 8.00. The molecule has 0 aromatic heterocycles. The summed E-state index contributed by atoms with van der Waals surface area (Å²) in [7, 11) is 0. The number of hydrogen-bond donors (Lipinski definition) is 2. The molecule has 1 aliphatic carbocycles. The monoisotopic (exact) mass is 278 g/mol. The van der Waals surface area contributed by atoms with Crippen LogP contribution >= 0.6 is 0 Å². The largest absolute Gasteiger partial charge is 0.396 e. The Labute approximate surface area is 121 Å². The first-order valence-corrected chi connectivity index (χ1v) is 8.00. The van der Waals surface area contributed by atoms with Crippen LogP contribution < -0.4 is 5.32 Å². The van der Waals surface area contributed by atoms with Gasteiger partial charge < -0.3 is 15.3 Å². The topological polar surface area (TPSA) is 52.6 Å². The molecule has 1 spiro atoms. The van der Waals surface area contributed by atoms with Crippen molar-refractivity contribution in [2.24, 2.45) is 17.3 Å². The van der Waals surface area contributed by atoms with E-state index >= 15 is 0 Å². The number of aliphatic hydroxyl groups excluding tert-OH is 1. The quantitative estimate of drug-likeness (QED) is 0.745. The second kappa shape index (κ2) is 5.86. The van der Waals surface area contributed by atoms with Gasteiger partial charge in [0.2, 0.25) is 5.91 Å². The van der Waals surface area contributed by atoms with Crippen molar-refractivity contribution in [2.75, 3.05) is 32.8 Å². The smallest absolute Gasteiger partial charge is 0.226 e. The van der Waals surface area contributed by atoms with Gasteiger partial charge in [-0.3, -0.25) is 4.79 Å². The number of allylic oxidation sites excluding steroid dienone is 2. The maximum atomic E-state index is 12.7. The number of piperidine rings is 1. The van der Waals surface area contributed by atoms with Crippen LogP contribution in [0.1, 0.15) is 32.1 Å². The Bertz CT molecular complexity index is 388. The Morgan fingerprint density at radius 2 is 2.15 bits per heavy atom. The molecule has 3 rings (SSSR count). The summed E-state index contributed by atoms with van der Waals surface area (Å²) < 4.78 is 0. The number of likely N-dealkylation sites (tertiary alicyclic amines) is 1. The van der Waals surface area contributed by atoms with Crippen LogP contribution in [0, 0.1) is 17.3 Å². The molecule has 112 valence electrons. The molecule has 0 radical (unpaired) electrons. The molecule has 2 unspecified atom stereocenters. The third-order valence-corrected chi connectivity index (χ3v) is 5.56. The second-order valence-electron chi connectivity index (χ2n) is 6.69. The van der Waals surface area contributed by atoms with Crippen molar-refractivity contribution in [3.05, 3.63) is 12.2 Å². The Morgan fingerprint density at radius 1 is 1.35 bits per heavy atom. The molecule has 2 N–H and O–H groups in total. The molecule has 3 aliphatic rings. The molecule has 2 fully saturated rings. The van der Waals surface area contributed by atoms with E-state index in [0.29, 0.717) is 5.91 Å². The molecule has 2 atom stereocenters. The lowest BCUT2D eigenvalue weighted by atomic mass is 9.71. The van der Waals surface area contributed by atoms with E-state index < -0.39 is 0 Å². The molecule has 2 saturated heterocycles. The molecule has 0 aromatic carbocycles. The zero-order valence-corrected chi connectivity index (χ0v) is 12.2. The SMILES string of the molecule is O=C(C1CC=CCC1)N1CC(CO)C2(CCNCC2)C1. The van der Waals surface area contributed by atoms with Gasteiger partial charge in [-0.25, -0.2) is 0 Å². The van der Waals surface area contributed by atoms with Crippen molar-refractivity contribution in [3.8, 4) is 0 Å². The minimum absolute atomic E-state index is 0.167. The average Bonchev–Trinajstić information content (AvgIpc) is 2.86. The third-order valence-electron chi connectivity index (χ3n) is 5.56. The summed E-state index contributed by atoms with van der Waals surface area (Å²) in [5.74, 6) is 0.770. The Balaban J connectivity index is 1.69. The van der Waals surface area contributed by atoms with E-state index in [9.17, 15) is 9.90 Å². The van der Waals surface area contributed by atoms with Gasteiger partial charge in [-0.05, 0) is 50.6 Å². The van der Waals surface area contributed by atoms with Crippen molar-refractivity contribution >= 4 is 5.91 Å². The summed E-state index contributed by atoms with van der Waals surface area (Å²) in [6.07, 6.45) is 9.42. The molecule has 0 saturated carbocycles. The zero-order chi connectivity index (χ0) is 14.0. The van der Waals surface area contributed by atoms with E-state index in [1.54, 1.807) is 0 Å². The van der Waals surface area contributed by atoms with Crippen LogP contribution in [-0.2, 0) is 4.79 Å². The highest BCUT2D eigenvalue weighted by atomic mass is 16.3. The van der Waals surface area contributed by atoms with Crippen LogP contribution in [0.2, 0.25) is 0 Å². The molecule has 0 bridgehead atoms. The summed E-state index contributed by atoms with van der Waals surface area (Å²) in [6, 6.07) is 0. The number of carbonyl (C=O) groups excluding carboxylic acids is 1. The van der Waals surface area contributed by atoms with Crippen LogP contribution in [0.3, 0.4) is 0 Å². The molecule has 2 heterocycles. The predicted molar refractivity (Wildman–Crippen MR) is 78.2 cm³/mol. The van der Waals surface area contributed by atoms with E-state index in [1.165, 1.54) is 0 Å². The highest BCUT2D eigenvalue weighted by Gasteiger charge is 2.48. The normalized spacial score (nSPS) is 32.8. The van der Waals surface area contributed by atoms with Gasteiger partial charge in [0.15, 0.2) is 0 Å². The van der Waals surface area contributed by atoms with Crippen molar-refractivity contribution < 1.29 is 9.90 Å². The lowest BCUT2D eigenvalue weighted by Crippen LogP contribution is -2.43. The summed E-state index contributed by atoms with van der Waals surface area (Å²) in [5, 5.41) is 13.1. The van der Waals surface area contributed by atoms with Gasteiger partial charge >= 0.3 is 0 Å². The van der Waals surface area contributed by atoms with Gasteiger partial charge in [-0.1, -0.05) is 12.2 Å². The van der Waals surface area contributed by atoms with Crippen molar-refractivity contribution in [3.63, 3.8) is 0 Å². The van der Waals surface area contributed by atoms with Gasteiger partial charge in [-0.15, -0.1) is 0 Å². The minimum atomic E-state index is 0.167. The highest BCUT2D eigenvalue weighted by Crippen LogP contribution is 2.43. The highest BCUT2D eigenvalue weighted by molar-refractivity contribution is 5.79. The van der Waals surface area contributed by atoms with Gasteiger partial charge in [0.05, 0.1) is 0 Å². The molecule has 1 amide bonds. The van der Waals surface area contributed by atoms with E-state index in [4.69, 9.17) is 0 Å². The van der Waals surface area contributed by atoms with Gasteiger partial charge in [-0.2, -0.15) is 0 Å². The molecular formula is C16H26N2O2. The van der Waals surface area contributed by atoms with Gasteiger partial charge in [0.1, 0.15) is 0 Å². The van der Waals surface area contributed by atoms with Crippen LogP contribution in [0.15, 0.2) is 12.2 Å². The first-order chi connectivity index (χ1) is 9.75. The molecule has 20 heavy (non-hydrogen) atoms. The zero-order valence-electron chi connectivity index (χ0n) is 12.2. The van der Waals surface area contributed by atoms with Crippen molar-refractivity contribution in [2.45, 2.75) is 32.1 Å². The maximum absolute atomic E-state index is 12.7. The fourth-order valence-corrected chi connectivity index (χ4v) is 4.22. The van der Waals surface area contributed by atoms with E-state index in [-0.39, 0.29) is 23.9 Å². The van der Waals surface area contributed by atoms with Gasteiger partial charge in [0.25, 0.3) is 0 Å². The van der Waals surface area contributed by atoms with Crippen LogP contribution in [0.25, 0.3) is 0 Å². The maximum Gasteiger partial charge on any atom is 0.226 e. The molecule has 2 aliphatic heterocycles. The predicted octanol–water partition coefficient (Wildman–Crippen LogP) is 1.16. The summed E-state index contributed by atoms with van der Waals surface area (Å²) in [5.41, 5.74) is 0.167. The number of nitrogens with zero attached hydrogens (tertiary/aromatic N) is 1. The number of carbonyl (C=O) groups is 1. The van der Waals surface area contributed by atoms with Crippen LogP contribution in [0.4, 0.5) is 0 Å². The number of hydrogen-bond acceptors (Lipinski definition) is 3. The molecular weight excluding hydrogens is 252 g/mol. The van der Waals surface area contributed by atoms with E-state index in [1.807, 2.05) is 0 Å². The minimum Gasteiger partial charge on any atom is -0.396 e. The Hall–Kier alpha value is -0.870. The van der Waals surface area contributed by atoms with Crippen LogP contribution in [0.5, 0.6) is 0 Å². The fraction of sp³-hybridized carbons (Fsp3) is 0.812. The van der Waals surface area contributed by atoms with E-state index in [2.05, 4.69) is 22.4 Å². The Morgan fingerprint density at radius 3 is 2.80 bits per heavy atom.